The molecule has 1 aromatic heterocycles. The summed E-state index contributed by atoms with van der Waals surface area (Å²) in [6, 6.07) is 8.32. The maximum atomic E-state index is 14.6. The summed E-state index contributed by atoms with van der Waals surface area (Å²) in [6.45, 7) is -2.73. The molecule has 3 aromatic carbocycles. The minimum Gasteiger partial charge on any atom is -0.481 e. The van der Waals surface area contributed by atoms with Crippen molar-refractivity contribution in [2.24, 2.45) is 11.5 Å². The number of nitrogens with two attached hydrogens (primary N) is 2. The number of amides is 11. The van der Waals surface area contributed by atoms with Crippen LogP contribution in [0.3, 0.4) is 0 Å². The van der Waals surface area contributed by atoms with Crippen LogP contribution in [0.5, 0.6) is 0 Å². The molecule has 0 bridgehead atoms. The van der Waals surface area contributed by atoms with Crippen LogP contribution in [0.1, 0.15) is 67.3 Å². The van der Waals surface area contributed by atoms with Crippen LogP contribution < -0.4 is 70.0 Å². The Hall–Kier alpha value is -11.9. The van der Waals surface area contributed by atoms with Gasteiger partial charge in [-0.15, -0.1) is 0 Å². The molecule has 0 aliphatic carbocycles. The lowest BCUT2D eigenvalue weighted by molar-refractivity contribution is -0.147. The topological polar surface area (TPSA) is 597 Å². The number of hydrogen-bond acceptors (Lipinski definition) is 19. The molecule has 538 valence electrons. The predicted molar refractivity (Wildman–Crippen MR) is 348 cm³/mol. The van der Waals surface area contributed by atoms with E-state index in [9.17, 15) is 97.5 Å². The monoisotopic (exact) mass is 1400 g/mol. The van der Waals surface area contributed by atoms with Crippen LogP contribution in [-0.2, 0) is 97.6 Å². The number of nitrogens with one attached hydrogen (secondary N) is 13. The molecule has 0 unspecified atom stereocenters. The lowest BCUT2D eigenvalue weighted by Crippen LogP contribution is -2.60. The molecular weight excluding hydrogens is 1310 g/mol. The van der Waals surface area contributed by atoms with Crippen molar-refractivity contribution in [1.29, 1.82) is 5.41 Å². The molecule has 37 heteroatoms. The summed E-state index contributed by atoms with van der Waals surface area (Å²) >= 11 is 0. The summed E-state index contributed by atoms with van der Waals surface area (Å²) in [4.78, 5) is 207. The number of imidazole rings is 1. The fourth-order valence-corrected chi connectivity index (χ4v) is 10.2. The Bertz CT molecular complexity index is 3540. The molecular formula is C63H81N17O20. The maximum absolute atomic E-state index is 14.6. The maximum Gasteiger partial charge on any atom is 0.328 e. The number of aliphatic hydroxyl groups is 1. The van der Waals surface area contributed by atoms with Gasteiger partial charge in [0.15, 0.2) is 5.96 Å². The molecule has 2 heterocycles. The predicted octanol–water partition coefficient (Wildman–Crippen LogP) is -6.13. The van der Waals surface area contributed by atoms with E-state index < -0.39 is 188 Å². The quantitative estimate of drug-likeness (QED) is 0.0112. The Morgan fingerprint density at radius 3 is 1.48 bits per heavy atom. The van der Waals surface area contributed by atoms with Crippen molar-refractivity contribution >= 4 is 94.8 Å². The van der Waals surface area contributed by atoms with Gasteiger partial charge in [0.05, 0.1) is 57.0 Å². The van der Waals surface area contributed by atoms with E-state index in [4.69, 9.17) is 16.9 Å². The van der Waals surface area contributed by atoms with Crippen molar-refractivity contribution in [2.75, 3.05) is 32.8 Å². The van der Waals surface area contributed by atoms with Gasteiger partial charge in [-0.1, -0.05) is 91.0 Å². The minimum atomic E-state index is -2.12. The van der Waals surface area contributed by atoms with Gasteiger partial charge in [0.1, 0.15) is 54.4 Å². The number of rotatable bonds is 41. The Morgan fingerprint density at radius 2 is 0.970 bits per heavy atom. The van der Waals surface area contributed by atoms with Crippen molar-refractivity contribution in [3.63, 3.8) is 0 Å². The van der Waals surface area contributed by atoms with Crippen LogP contribution >= 0.6 is 0 Å². The average Bonchev–Trinajstić information content (AvgIpc) is 1.60. The number of likely N-dealkylation sites (tertiary alicyclic amines) is 1. The van der Waals surface area contributed by atoms with Crippen molar-refractivity contribution in [3.8, 4) is 0 Å². The number of H-pyrrole nitrogens is 1. The number of guanidine groups is 1. The van der Waals surface area contributed by atoms with Crippen molar-refractivity contribution in [3.05, 3.63) is 126 Å². The molecule has 5 rings (SSSR count). The first-order valence-corrected chi connectivity index (χ1v) is 31.3. The van der Waals surface area contributed by atoms with E-state index in [1.165, 1.54) is 12.5 Å². The van der Waals surface area contributed by atoms with Gasteiger partial charge in [-0.2, -0.15) is 0 Å². The number of carbonyl (C=O) groups is 15. The highest BCUT2D eigenvalue weighted by molar-refractivity contribution is 6.01. The molecule has 100 heavy (non-hydrogen) atoms. The van der Waals surface area contributed by atoms with E-state index in [1.54, 1.807) is 91.0 Å². The third-order valence-corrected chi connectivity index (χ3v) is 15.2. The van der Waals surface area contributed by atoms with Crippen LogP contribution in [0.15, 0.2) is 104 Å². The Morgan fingerprint density at radius 1 is 0.520 bits per heavy atom. The molecule has 10 atom stereocenters. The second kappa shape index (κ2) is 40.0. The van der Waals surface area contributed by atoms with Crippen LogP contribution in [0.2, 0.25) is 0 Å². The molecule has 22 N–H and O–H groups in total. The number of aromatic amines is 1. The Balaban J connectivity index is 1.28. The first-order chi connectivity index (χ1) is 47.6. The van der Waals surface area contributed by atoms with E-state index in [1.807, 2.05) is 0 Å². The molecule has 4 aromatic rings. The zero-order valence-electron chi connectivity index (χ0n) is 53.8. The van der Waals surface area contributed by atoms with Gasteiger partial charge >= 0.3 is 23.9 Å². The fraction of sp³-hybridized carbons (Fsp3) is 0.413. The highest BCUT2D eigenvalue weighted by Gasteiger charge is 2.42. The molecule has 0 spiro atoms. The molecule has 0 saturated carbocycles. The van der Waals surface area contributed by atoms with E-state index in [0.29, 0.717) is 16.7 Å². The first kappa shape index (κ1) is 78.8. The van der Waals surface area contributed by atoms with Crippen molar-refractivity contribution < 1.29 is 97.5 Å². The Labute approximate surface area is 570 Å². The summed E-state index contributed by atoms with van der Waals surface area (Å²) in [5.41, 5.74) is 13.3. The fourth-order valence-electron chi connectivity index (χ4n) is 10.2. The molecule has 11 amide bonds. The number of nitrogens with zero attached hydrogens (tertiary/aromatic N) is 2. The number of benzene rings is 3. The Kier molecular flexibility index (Phi) is 31.5. The average molecular weight is 1400 g/mol. The zero-order valence-corrected chi connectivity index (χ0v) is 53.8. The highest BCUT2D eigenvalue weighted by Crippen LogP contribution is 2.21. The molecule has 1 aliphatic heterocycles. The summed E-state index contributed by atoms with van der Waals surface area (Å²) in [5.74, 6) is -18.6. The lowest BCUT2D eigenvalue weighted by Gasteiger charge is -2.30. The number of aromatic nitrogens is 2. The number of aliphatic carboxylic acids is 4. The number of carboxylic acid groups (broad SMARTS) is 4. The van der Waals surface area contributed by atoms with Crippen LogP contribution in [0.4, 0.5) is 0 Å². The summed E-state index contributed by atoms with van der Waals surface area (Å²) < 4.78 is 0. The minimum absolute atomic E-state index is 0.0408. The number of carboxylic acids is 4. The number of carbonyl (C=O) groups excluding carboxylic acids is 11. The van der Waals surface area contributed by atoms with Gasteiger partial charge in [0.25, 0.3) is 0 Å². The van der Waals surface area contributed by atoms with Crippen molar-refractivity contribution in [1.82, 2.24) is 73.4 Å². The molecule has 37 nitrogen and oxygen atoms in total. The zero-order chi connectivity index (χ0) is 73.4. The van der Waals surface area contributed by atoms with Crippen LogP contribution in [0.25, 0.3) is 0 Å². The van der Waals surface area contributed by atoms with Gasteiger partial charge in [-0.3, -0.25) is 72.5 Å². The molecule has 1 aliphatic rings. The lowest BCUT2D eigenvalue weighted by atomic mass is 10.0. The SMILES string of the molecule is N=C(N)NCCC[C@H](NC(=O)[C@H](Cc1c[nH]cn1)NC(=O)CNC(=O)CNC(=O)[C@H](Cc1ccccc1)NC(=O)[C@H](Cc1ccccc1)NC(=O)[C@@H]1CCCN1C(=O)[C@H](CC(=O)O)NC(=O)[C@H](CC(=O)O)NC(=O)[C@H](CC(=O)O)NC(=O)[C@@H](N)Cc1ccccc1)C(=O)N[C@@H](CO)C(=O)O. The summed E-state index contributed by atoms with van der Waals surface area (Å²) in [6.07, 6.45) is -1.47. The molecule has 1 saturated heterocycles. The second-order valence-electron chi connectivity index (χ2n) is 23.0. The number of hydrogen-bond donors (Lipinski definition) is 20. The van der Waals surface area contributed by atoms with Gasteiger partial charge < -0.3 is 105 Å². The smallest absolute Gasteiger partial charge is 0.328 e. The second-order valence-corrected chi connectivity index (χ2v) is 23.0. The van der Waals surface area contributed by atoms with Gasteiger partial charge in [-0.05, 0) is 48.8 Å². The van der Waals surface area contributed by atoms with Crippen molar-refractivity contribution in [2.45, 2.75) is 131 Å². The standard InChI is InChI=1S/C63H81N17O20/c64-38(22-34-12-4-1-5-13-34)53(90)74-43(26-50(84)85)58(95)76-44(27-51(86)87)59(96)78-45(28-52(88)89)61(98)80-21-11-19-47(80)60(97)77-41(24-36-16-8-3-9-17-36)56(93)75-40(23-35-14-6-2-7-15-35)54(91)70-30-48(82)69-31-49(83)72-42(25-37-29-67-33-71-37)57(94)73-39(18-10-20-68-63(65)66)55(92)79-46(32-81)62(99)100/h1-9,12-17,29,33,38-47,81H,10-11,18-28,30-32,64H2,(H,67,71)(H,69,82)(H,70,91)(H,72,83)(H,73,94)(H,74,90)(H,75,93)(H,76,95)(H,77,97)(H,78,96)(H,79,92)(H,84,85)(H,86,87)(H,88,89)(H,99,100)(H4,65,66,68)/t38-,39-,40-,41-,42-,43-,44-,45-,46-,47-/m0/s1. The third-order valence-electron chi connectivity index (χ3n) is 15.2. The molecule has 1 fully saturated rings. The summed E-state index contributed by atoms with van der Waals surface area (Å²) in [5, 5.41) is 81.5. The van der Waals surface area contributed by atoms with Gasteiger partial charge in [-0.25, -0.2) is 9.78 Å². The normalized spacial score (nSPS) is 15.1. The van der Waals surface area contributed by atoms with E-state index >= 15 is 0 Å². The van der Waals surface area contributed by atoms with E-state index in [0.717, 1.165) is 4.90 Å². The number of aliphatic hydroxyl groups excluding tert-OH is 1. The first-order valence-electron chi connectivity index (χ1n) is 31.3. The molecule has 0 radical (unpaired) electrons. The third kappa shape index (κ3) is 27.0. The largest absolute Gasteiger partial charge is 0.481 e. The van der Waals surface area contributed by atoms with Crippen LogP contribution in [0, 0.1) is 5.41 Å². The van der Waals surface area contributed by atoms with E-state index in [-0.39, 0.29) is 76.1 Å². The van der Waals surface area contributed by atoms with E-state index in [2.05, 4.69) is 68.5 Å². The van der Waals surface area contributed by atoms with Gasteiger partial charge in [0.2, 0.25) is 65.0 Å². The van der Waals surface area contributed by atoms with Crippen LogP contribution in [-0.4, -0.2) is 228 Å². The summed E-state index contributed by atoms with van der Waals surface area (Å²) in [7, 11) is 0. The highest BCUT2D eigenvalue weighted by atomic mass is 16.4. The van der Waals surface area contributed by atoms with Gasteiger partial charge in [0, 0.05) is 38.5 Å².